The Hall–Kier alpha value is -3.08. The van der Waals surface area contributed by atoms with E-state index < -0.39 is 45.7 Å². The Bertz CT molecular complexity index is 1010. The van der Waals surface area contributed by atoms with Crippen molar-refractivity contribution in [1.82, 2.24) is 9.80 Å². The lowest BCUT2D eigenvalue weighted by atomic mass is 10.1. The first-order chi connectivity index (χ1) is 13.8. The Morgan fingerprint density at radius 1 is 0.828 bits per heavy atom. The van der Waals surface area contributed by atoms with Crippen LogP contribution in [0.1, 0.15) is 20.7 Å². The molecule has 0 bridgehead atoms. The van der Waals surface area contributed by atoms with Gasteiger partial charge in [0.2, 0.25) is 10.9 Å². The van der Waals surface area contributed by atoms with Crippen molar-refractivity contribution in [3.8, 4) is 0 Å². The fourth-order valence-corrected chi connectivity index (χ4v) is 3.37. The number of hydrogen-bond donors (Lipinski definition) is 2. The summed E-state index contributed by atoms with van der Waals surface area (Å²) in [5, 5.41) is 0. The number of rotatable bonds is 4. The predicted octanol–water partition coefficient (Wildman–Crippen LogP) is 1.64. The van der Waals surface area contributed by atoms with Crippen molar-refractivity contribution in [1.29, 1.82) is 0 Å². The molecule has 1 heterocycles. The van der Waals surface area contributed by atoms with Crippen LogP contribution in [0.15, 0.2) is 36.4 Å². The molecule has 1 saturated heterocycles. The van der Waals surface area contributed by atoms with Crippen molar-refractivity contribution in [3.63, 3.8) is 0 Å². The highest BCUT2D eigenvalue weighted by Crippen LogP contribution is 2.19. The first kappa shape index (κ1) is 20.6. The average Bonchev–Trinajstić information content (AvgIpc) is 2.68. The second kappa shape index (κ2) is 8.52. The Balaban J connectivity index is 1.67. The van der Waals surface area contributed by atoms with Crippen LogP contribution in [0.2, 0.25) is 0 Å². The summed E-state index contributed by atoms with van der Waals surface area (Å²) in [5.41, 5.74) is -0.914. The summed E-state index contributed by atoms with van der Waals surface area (Å²) in [4.78, 5) is 27.5. The van der Waals surface area contributed by atoms with Gasteiger partial charge in [-0.15, -0.1) is 0 Å². The number of thiol groups is 1. The highest BCUT2D eigenvalue weighted by molar-refractivity contribution is 7.73. The van der Waals surface area contributed by atoms with Gasteiger partial charge in [0.25, 0.3) is 11.8 Å². The molecule has 29 heavy (non-hydrogen) atoms. The molecule has 7 nitrogen and oxygen atoms in total. The van der Waals surface area contributed by atoms with Gasteiger partial charge in [0.15, 0.2) is 0 Å². The van der Waals surface area contributed by atoms with E-state index >= 15 is 0 Å². The third kappa shape index (κ3) is 4.50. The summed E-state index contributed by atoms with van der Waals surface area (Å²) >= 11 is 0. The van der Waals surface area contributed by atoms with Crippen molar-refractivity contribution in [2.45, 2.75) is 0 Å². The molecule has 154 valence electrons. The summed E-state index contributed by atoms with van der Waals surface area (Å²) in [6.07, 6.45) is 0. The van der Waals surface area contributed by atoms with E-state index in [4.69, 9.17) is 0 Å². The van der Waals surface area contributed by atoms with Crippen LogP contribution in [-0.2, 0) is 10.9 Å². The van der Waals surface area contributed by atoms with Crippen molar-refractivity contribution in [2.24, 2.45) is 0 Å². The third-order valence-corrected chi connectivity index (χ3v) is 4.88. The number of nitrogens with zero attached hydrogens (tertiary/aromatic N) is 2. The Morgan fingerprint density at radius 3 is 1.90 bits per heavy atom. The van der Waals surface area contributed by atoms with Gasteiger partial charge in [-0.1, -0.05) is 6.07 Å². The Labute approximate surface area is 165 Å². The molecule has 1 N–H and O–H groups in total. The van der Waals surface area contributed by atoms with Gasteiger partial charge in [-0.25, -0.2) is 21.6 Å². The first-order valence-corrected chi connectivity index (χ1v) is 9.69. The van der Waals surface area contributed by atoms with Crippen molar-refractivity contribution >= 4 is 28.4 Å². The molecule has 0 aromatic heterocycles. The maximum atomic E-state index is 13.9. The minimum atomic E-state index is -3.04. The van der Waals surface area contributed by atoms with Gasteiger partial charge in [0.1, 0.15) is 23.0 Å². The molecule has 2 aromatic rings. The molecule has 1 aliphatic heterocycles. The van der Waals surface area contributed by atoms with Crippen molar-refractivity contribution < 1.29 is 31.2 Å². The van der Waals surface area contributed by atoms with E-state index in [0.717, 1.165) is 30.3 Å². The number of piperazine rings is 1. The number of carbonyl (C=O) groups is 2. The molecule has 2 amide bonds. The maximum absolute atomic E-state index is 13.9. The van der Waals surface area contributed by atoms with Crippen LogP contribution < -0.4 is 4.72 Å². The molecular weight excluding hydrogens is 411 g/mol. The number of hydrogen-bond acceptors (Lipinski definition) is 4. The van der Waals surface area contributed by atoms with Crippen LogP contribution in [0.3, 0.4) is 0 Å². The number of nitrogens with one attached hydrogen (secondary N) is 1. The zero-order chi connectivity index (χ0) is 21.1. The zero-order valence-corrected chi connectivity index (χ0v) is 15.8. The second-order valence-corrected chi connectivity index (χ2v) is 6.98. The second-order valence-electron chi connectivity index (χ2n) is 6.24. The number of halogens is 3. The monoisotopic (exact) mass is 427 g/mol. The van der Waals surface area contributed by atoms with Crippen LogP contribution in [0.4, 0.5) is 18.9 Å². The summed E-state index contributed by atoms with van der Waals surface area (Å²) in [7, 11) is -3.04. The predicted molar refractivity (Wildman–Crippen MR) is 98.5 cm³/mol. The molecule has 1 fully saturated rings. The van der Waals surface area contributed by atoms with Crippen LogP contribution in [0, 0.1) is 17.5 Å². The summed E-state index contributed by atoms with van der Waals surface area (Å²) in [6.45, 7) is 0.289. The smallest absolute Gasteiger partial charge is 0.259 e. The molecule has 11 heteroatoms. The third-order valence-electron chi connectivity index (χ3n) is 4.46. The fourth-order valence-electron chi connectivity index (χ4n) is 2.99. The van der Waals surface area contributed by atoms with Gasteiger partial charge in [-0.2, -0.15) is 0 Å². The number of anilines is 1. The molecule has 0 atom stereocenters. The van der Waals surface area contributed by atoms with Gasteiger partial charge < -0.3 is 9.80 Å². The number of benzene rings is 2. The summed E-state index contributed by atoms with van der Waals surface area (Å²) in [6, 6.07) is 6.47. The largest absolute Gasteiger partial charge is 0.335 e. The molecule has 0 aliphatic carbocycles. The maximum Gasteiger partial charge on any atom is 0.259 e. The lowest BCUT2D eigenvalue weighted by Crippen LogP contribution is -2.50. The van der Waals surface area contributed by atoms with E-state index in [1.54, 1.807) is 0 Å². The Kier molecular flexibility index (Phi) is 6.06. The van der Waals surface area contributed by atoms with Gasteiger partial charge in [0, 0.05) is 31.7 Å². The lowest BCUT2D eigenvalue weighted by Gasteiger charge is -2.35. The highest BCUT2D eigenvalue weighted by Gasteiger charge is 2.28. The first-order valence-electron chi connectivity index (χ1n) is 8.51. The fraction of sp³-hybridized carbons (Fsp3) is 0.222. The molecule has 3 rings (SSSR count). The van der Waals surface area contributed by atoms with Gasteiger partial charge in [0.05, 0.1) is 5.69 Å². The van der Waals surface area contributed by atoms with E-state index in [1.165, 1.54) is 15.9 Å². The molecular formula is C18H16F3N3O4S. The standard InChI is InChI=1S/C18H16F3N3O4S/c19-12-2-1-3-13(20)16(12)18(26)24-8-6-23(7-9-24)17(25)11-4-5-15(14(21)10-11)22-29(27)28/h1-5,10,29H,6-9H2,(H,22,27,28). The Morgan fingerprint density at radius 2 is 1.38 bits per heavy atom. The molecule has 0 radical (unpaired) electrons. The van der Waals surface area contributed by atoms with Crippen LogP contribution >= 0.6 is 0 Å². The summed E-state index contributed by atoms with van der Waals surface area (Å²) < 4.78 is 64.7. The minimum absolute atomic E-state index is 0.00843. The summed E-state index contributed by atoms with van der Waals surface area (Å²) in [5.74, 6) is -4.14. The topological polar surface area (TPSA) is 86.8 Å². The van der Waals surface area contributed by atoms with Gasteiger partial charge in [-0.3, -0.25) is 14.3 Å². The van der Waals surface area contributed by atoms with E-state index in [-0.39, 0.29) is 37.4 Å². The van der Waals surface area contributed by atoms with E-state index in [9.17, 15) is 31.2 Å². The van der Waals surface area contributed by atoms with Crippen LogP contribution in [-0.4, -0.2) is 56.2 Å². The van der Waals surface area contributed by atoms with Gasteiger partial charge in [-0.05, 0) is 30.3 Å². The molecule has 1 aliphatic rings. The SMILES string of the molecule is O=C(c1ccc(N[SH](=O)=O)c(F)c1)N1CCN(C(=O)c2c(F)cccc2F)CC1. The van der Waals surface area contributed by atoms with Gasteiger partial charge >= 0.3 is 0 Å². The molecule has 2 aromatic carbocycles. The minimum Gasteiger partial charge on any atom is -0.335 e. The quantitative estimate of drug-likeness (QED) is 0.727. The normalized spacial score (nSPS) is 14.2. The number of amides is 2. The van der Waals surface area contributed by atoms with Crippen molar-refractivity contribution in [2.75, 3.05) is 30.9 Å². The molecule has 0 unspecified atom stereocenters. The van der Waals surface area contributed by atoms with Crippen LogP contribution in [0.25, 0.3) is 0 Å². The molecule has 0 saturated carbocycles. The zero-order valence-electron chi connectivity index (χ0n) is 14.9. The van der Waals surface area contributed by atoms with Crippen LogP contribution in [0.5, 0.6) is 0 Å². The lowest BCUT2D eigenvalue weighted by molar-refractivity contribution is 0.0529. The van der Waals surface area contributed by atoms with E-state index in [0.29, 0.717) is 0 Å². The van der Waals surface area contributed by atoms with E-state index in [1.807, 2.05) is 4.72 Å². The van der Waals surface area contributed by atoms with Crippen molar-refractivity contribution in [3.05, 3.63) is 65.0 Å². The molecule has 0 spiro atoms. The average molecular weight is 427 g/mol. The van der Waals surface area contributed by atoms with E-state index in [2.05, 4.69) is 0 Å². The number of carbonyl (C=O) groups excluding carboxylic acids is 2. The highest BCUT2D eigenvalue weighted by atomic mass is 32.2.